The molecular weight excluding hydrogens is 272 g/mol. The van der Waals surface area contributed by atoms with Gasteiger partial charge in [-0.3, -0.25) is 14.8 Å². The molecular formula is C13H10N6O2. The van der Waals surface area contributed by atoms with Gasteiger partial charge < -0.3 is 4.98 Å². The number of fused-ring (bicyclic) bond motifs is 2. The first-order chi connectivity index (χ1) is 10.2. The third-order valence-corrected chi connectivity index (χ3v) is 2.74. The van der Waals surface area contributed by atoms with Crippen molar-refractivity contribution in [2.45, 2.75) is 0 Å². The average molecular weight is 282 g/mol. The number of para-hydroxylation sites is 1. The van der Waals surface area contributed by atoms with Crippen molar-refractivity contribution in [2.75, 3.05) is 0 Å². The van der Waals surface area contributed by atoms with Crippen molar-refractivity contribution in [2.24, 2.45) is 0 Å². The molecule has 3 heterocycles. The van der Waals surface area contributed by atoms with E-state index < -0.39 is 11.2 Å². The summed E-state index contributed by atoms with van der Waals surface area (Å²) in [5.74, 6) is 0. The van der Waals surface area contributed by atoms with Gasteiger partial charge in [0.1, 0.15) is 11.8 Å². The highest BCUT2D eigenvalue weighted by Gasteiger charge is 1.99. The topological polar surface area (TPSA) is 120 Å². The first kappa shape index (κ1) is 12.7. The predicted octanol–water partition coefficient (Wildman–Crippen LogP) is 0.569. The molecule has 0 saturated heterocycles. The SMILES string of the molecule is O=c1[nH]c(=O)c2[nH]cnc2[nH]1.c1ccc2ncncc2c1. The van der Waals surface area contributed by atoms with E-state index in [0.29, 0.717) is 0 Å². The molecule has 1 aromatic carbocycles. The summed E-state index contributed by atoms with van der Waals surface area (Å²) in [5.41, 5.74) is 0.553. The Morgan fingerprint density at radius 3 is 2.71 bits per heavy atom. The fourth-order valence-electron chi connectivity index (χ4n) is 1.79. The van der Waals surface area contributed by atoms with Crippen molar-refractivity contribution >= 4 is 22.1 Å². The van der Waals surface area contributed by atoms with E-state index in [9.17, 15) is 9.59 Å². The Morgan fingerprint density at radius 2 is 1.86 bits per heavy atom. The van der Waals surface area contributed by atoms with Crippen LogP contribution in [0.5, 0.6) is 0 Å². The Bertz CT molecular complexity index is 935. The highest BCUT2D eigenvalue weighted by molar-refractivity contribution is 5.76. The van der Waals surface area contributed by atoms with E-state index in [-0.39, 0.29) is 11.2 Å². The molecule has 8 nitrogen and oxygen atoms in total. The Kier molecular flexibility index (Phi) is 3.26. The van der Waals surface area contributed by atoms with Crippen molar-refractivity contribution < 1.29 is 0 Å². The zero-order chi connectivity index (χ0) is 14.7. The maximum absolute atomic E-state index is 10.9. The largest absolute Gasteiger partial charge is 0.339 e. The molecule has 0 amide bonds. The molecule has 0 bridgehead atoms. The van der Waals surface area contributed by atoms with Crippen LogP contribution in [0, 0.1) is 0 Å². The van der Waals surface area contributed by atoms with Gasteiger partial charge in [0.25, 0.3) is 5.56 Å². The molecule has 0 saturated carbocycles. The molecule has 0 radical (unpaired) electrons. The van der Waals surface area contributed by atoms with E-state index in [0.717, 1.165) is 10.9 Å². The van der Waals surface area contributed by atoms with Crippen LogP contribution in [0.25, 0.3) is 22.1 Å². The molecule has 104 valence electrons. The molecule has 0 atom stereocenters. The minimum Gasteiger partial charge on any atom is -0.339 e. The van der Waals surface area contributed by atoms with Crippen LogP contribution < -0.4 is 11.2 Å². The summed E-state index contributed by atoms with van der Waals surface area (Å²) < 4.78 is 0. The van der Waals surface area contributed by atoms with Gasteiger partial charge in [-0.15, -0.1) is 0 Å². The molecule has 0 aliphatic rings. The second-order valence-electron chi connectivity index (χ2n) is 4.12. The maximum atomic E-state index is 10.9. The number of rotatable bonds is 0. The van der Waals surface area contributed by atoms with Crippen LogP contribution in [-0.2, 0) is 0 Å². The van der Waals surface area contributed by atoms with E-state index in [1.165, 1.54) is 6.33 Å². The quantitative estimate of drug-likeness (QED) is 0.435. The molecule has 4 rings (SSSR count). The Morgan fingerprint density at radius 1 is 1.00 bits per heavy atom. The lowest BCUT2D eigenvalue weighted by atomic mass is 10.2. The van der Waals surface area contributed by atoms with E-state index in [1.807, 2.05) is 30.5 Å². The van der Waals surface area contributed by atoms with Crippen molar-refractivity contribution in [1.29, 1.82) is 0 Å². The molecule has 3 aromatic heterocycles. The Labute approximate surface area is 116 Å². The smallest absolute Gasteiger partial charge is 0.327 e. The predicted molar refractivity (Wildman–Crippen MR) is 76.9 cm³/mol. The van der Waals surface area contributed by atoms with Gasteiger partial charge >= 0.3 is 5.69 Å². The van der Waals surface area contributed by atoms with Crippen LogP contribution in [0.1, 0.15) is 0 Å². The van der Waals surface area contributed by atoms with E-state index in [1.54, 1.807) is 6.33 Å². The van der Waals surface area contributed by atoms with Gasteiger partial charge in [0.05, 0.1) is 11.8 Å². The number of nitrogens with one attached hydrogen (secondary N) is 3. The van der Waals surface area contributed by atoms with Gasteiger partial charge in [-0.25, -0.2) is 19.7 Å². The minimum absolute atomic E-state index is 0.277. The van der Waals surface area contributed by atoms with Gasteiger partial charge in [-0.2, -0.15) is 0 Å². The summed E-state index contributed by atoms with van der Waals surface area (Å²) in [7, 11) is 0. The van der Waals surface area contributed by atoms with Crippen molar-refractivity contribution in [3.8, 4) is 0 Å². The number of nitrogens with zero attached hydrogens (tertiary/aromatic N) is 3. The first-order valence-electron chi connectivity index (χ1n) is 6.04. The monoisotopic (exact) mass is 282 g/mol. The molecule has 0 fully saturated rings. The van der Waals surface area contributed by atoms with Crippen LogP contribution in [0.3, 0.4) is 0 Å². The van der Waals surface area contributed by atoms with Gasteiger partial charge in [-0.1, -0.05) is 18.2 Å². The van der Waals surface area contributed by atoms with Crippen LogP contribution in [-0.4, -0.2) is 29.9 Å². The lowest BCUT2D eigenvalue weighted by molar-refractivity contribution is 1.07. The second-order valence-corrected chi connectivity index (χ2v) is 4.12. The van der Waals surface area contributed by atoms with Crippen LogP contribution >= 0.6 is 0 Å². The van der Waals surface area contributed by atoms with Crippen LogP contribution in [0.4, 0.5) is 0 Å². The van der Waals surface area contributed by atoms with Gasteiger partial charge in [0.15, 0.2) is 5.65 Å². The standard InChI is InChI=1S/C8H6N2.C5H4N4O2/c1-2-4-8-7(3-1)5-9-6-10-8;10-4-2-3(7-1-6-2)8-5(11)9-4/h1-6H;1H,(H3,6,7,8,9,10,11). The summed E-state index contributed by atoms with van der Waals surface area (Å²) >= 11 is 0. The fourth-order valence-corrected chi connectivity index (χ4v) is 1.79. The minimum atomic E-state index is -0.547. The zero-order valence-corrected chi connectivity index (χ0v) is 10.7. The lowest BCUT2D eigenvalue weighted by Gasteiger charge is -1.90. The Balaban J connectivity index is 0.000000126. The lowest BCUT2D eigenvalue weighted by Crippen LogP contribution is -2.21. The zero-order valence-electron chi connectivity index (χ0n) is 10.7. The second kappa shape index (κ2) is 5.37. The average Bonchev–Trinajstić information content (AvgIpc) is 2.97. The maximum Gasteiger partial charge on any atom is 0.327 e. The normalized spacial score (nSPS) is 10.3. The molecule has 0 spiro atoms. The molecule has 21 heavy (non-hydrogen) atoms. The van der Waals surface area contributed by atoms with Crippen molar-refractivity contribution in [1.82, 2.24) is 29.9 Å². The van der Waals surface area contributed by atoms with E-state index >= 15 is 0 Å². The third-order valence-electron chi connectivity index (χ3n) is 2.74. The van der Waals surface area contributed by atoms with Gasteiger partial charge in [0, 0.05) is 11.6 Å². The van der Waals surface area contributed by atoms with Crippen LogP contribution in [0.2, 0.25) is 0 Å². The summed E-state index contributed by atoms with van der Waals surface area (Å²) in [6.07, 6.45) is 4.71. The summed E-state index contributed by atoms with van der Waals surface area (Å²) in [6, 6.07) is 7.91. The van der Waals surface area contributed by atoms with Crippen LogP contribution in [0.15, 0.2) is 52.7 Å². The summed E-state index contributed by atoms with van der Waals surface area (Å²) in [6.45, 7) is 0. The Hall–Kier alpha value is -3.29. The van der Waals surface area contributed by atoms with Gasteiger partial charge in [0.2, 0.25) is 0 Å². The number of H-pyrrole nitrogens is 3. The highest BCUT2D eigenvalue weighted by Crippen LogP contribution is 2.06. The molecule has 3 N–H and O–H groups in total. The number of hydrogen-bond acceptors (Lipinski definition) is 5. The third kappa shape index (κ3) is 2.68. The molecule has 0 aliphatic carbocycles. The first-order valence-corrected chi connectivity index (χ1v) is 6.04. The molecule has 8 heteroatoms. The summed E-state index contributed by atoms with van der Waals surface area (Å²) in [5, 5.41) is 1.09. The number of aromatic nitrogens is 6. The van der Waals surface area contributed by atoms with E-state index in [2.05, 4.69) is 29.9 Å². The van der Waals surface area contributed by atoms with Crippen molar-refractivity contribution in [3.05, 3.63) is 64.0 Å². The van der Waals surface area contributed by atoms with E-state index in [4.69, 9.17) is 0 Å². The number of benzene rings is 1. The molecule has 4 aromatic rings. The van der Waals surface area contributed by atoms with Gasteiger partial charge in [-0.05, 0) is 6.07 Å². The number of aromatic amines is 3. The summed E-state index contributed by atoms with van der Waals surface area (Å²) in [4.78, 5) is 40.2. The fraction of sp³-hybridized carbons (Fsp3) is 0. The highest BCUT2D eigenvalue weighted by atomic mass is 16.2. The molecule has 0 aliphatic heterocycles. The molecule has 0 unspecified atom stereocenters. The number of hydrogen-bond donors (Lipinski definition) is 3. The van der Waals surface area contributed by atoms with Crippen molar-refractivity contribution in [3.63, 3.8) is 0 Å². The number of imidazole rings is 1.